The SMILES string of the molecule is ClC(Cc1cccc(Br)c1)Cc1ncc[nH]1. The van der Waals surface area contributed by atoms with Crippen LogP contribution in [0.4, 0.5) is 0 Å². The van der Waals surface area contributed by atoms with Gasteiger partial charge in [0.25, 0.3) is 0 Å². The van der Waals surface area contributed by atoms with Crippen molar-refractivity contribution in [1.82, 2.24) is 9.97 Å². The number of aromatic amines is 1. The standard InChI is InChI=1S/C12H12BrClN2/c13-10-3-1-2-9(6-10)7-11(14)8-12-15-4-5-16-12/h1-6,11H,7-8H2,(H,15,16). The molecule has 0 spiro atoms. The number of halogens is 2. The molecule has 0 amide bonds. The predicted octanol–water partition coefficient (Wildman–Crippen LogP) is 3.56. The molecule has 1 unspecified atom stereocenters. The molecule has 2 rings (SSSR count). The van der Waals surface area contributed by atoms with Crippen LogP contribution in [0.1, 0.15) is 11.4 Å². The molecule has 0 aliphatic rings. The highest BCUT2D eigenvalue weighted by Crippen LogP contribution is 2.16. The zero-order chi connectivity index (χ0) is 11.4. The van der Waals surface area contributed by atoms with Crippen molar-refractivity contribution in [1.29, 1.82) is 0 Å². The summed E-state index contributed by atoms with van der Waals surface area (Å²) in [5.74, 6) is 0.940. The van der Waals surface area contributed by atoms with E-state index in [0.29, 0.717) is 0 Å². The molecule has 2 nitrogen and oxygen atoms in total. The molecular weight excluding hydrogens is 288 g/mol. The van der Waals surface area contributed by atoms with E-state index in [1.165, 1.54) is 5.56 Å². The van der Waals surface area contributed by atoms with Gasteiger partial charge in [0.2, 0.25) is 0 Å². The first kappa shape index (κ1) is 11.7. The van der Waals surface area contributed by atoms with Crippen LogP contribution < -0.4 is 0 Å². The number of hydrogen-bond acceptors (Lipinski definition) is 1. The van der Waals surface area contributed by atoms with Crippen molar-refractivity contribution in [2.45, 2.75) is 18.2 Å². The fraction of sp³-hybridized carbons (Fsp3) is 0.250. The summed E-state index contributed by atoms with van der Waals surface area (Å²) in [5.41, 5.74) is 1.24. The second-order valence-electron chi connectivity index (χ2n) is 3.67. The summed E-state index contributed by atoms with van der Waals surface area (Å²) in [4.78, 5) is 7.23. The van der Waals surface area contributed by atoms with Gasteiger partial charge in [-0.15, -0.1) is 11.6 Å². The minimum absolute atomic E-state index is 0.0699. The maximum atomic E-state index is 6.28. The summed E-state index contributed by atoms with van der Waals surface area (Å²) in [5, 5.41) is 0.0699. The molecule has 0 saturated heterocycles. The third kappa shape index (κ3) is 3.35. The summed E-state index contributed by atoms with van der Waals surface area (Å²) in [6.45, 7) is 0. The van der Waals surface area contributed by atoms with Crippen LogP contribution in [-0.4, -0.2) is 15.3 Å². The van der Waals surface area contributed by atoms with Crippen molar-refractivity contribution in [2.24, 2.45) is 0 Å². The Balaban J connectivity index is 1.94. The zero-order valence-corrected chi connectivity index (χ0v) is 11.0. The van der Waals surface area contributed by atoms with Crippen molar-refractivity contribution in [3.63, 3.8) is 0 Å². The van der Waals surface area contributed by atoms with Crippen LogP contribution in [0.2, 0.25) is 0 Å². The second-order valence-corrected chi connectivity index (χ2v) is 5.20. The van der Waals surface area contributed by atoms with Crippen LogP contribution in [0.25, 0.3) is 0 Å². The van der Waals surface area contributed by atoms with Gasteiger partial charge in [-0.25, -0.2) is 4.98 Å². The molecule has 1 heterocycles. The van der Waals surface area contributed by atoms with Gasteiger partial charge >= 0.3 is 0 Å². The fourth-order valence-corrected chi connectivity index (χ4v) is 2.38. The average Bonchev–Trinajstić information content (AvgIpc) is 2.70. The maximum absolute atomic E-state index is 6.28. The highest BCUT2D eigenvalue weighted by molar-refractivity contribution is 9.10. The van der Waals surface area contributed by atoms with Crippen LogP contribution >= 0.6 is 27.5 Å². The zero-order valence-electron chi connectivity index (χ0n) is 8.66. The summed E-state index contributed by atoms with van der Waals surface area (Å²) in [6, 6.07) is 8.22. The number of H-pyrrole nitrogens is 1. The molecular formula is C12H12BrClN2. The number of hydrogen-bond donors (Lipinski definition) is 1. The predicted molar refractivity (Wildman–Crippen MR) is 69.8 cm³/mol. The molecule has 4 heteroatoms. The van der Waals surface area contributed by atoms with Gasteiger partial charge in [0.05, 0.1) is 0 Å². The van der Waals surface area contributed by atoms with Gasteiger partial charge in [-0.05, 0) is 24.1 Å². The summed E-state index contributed by atoms with van der Waals surface area (Å²) < 4.78 is 1.09. The molecule has 0 aliphatic heterocycles. The van der Waals surface area contributed by atoms with Crippen molar-refractivity contribution >= 4 is 27.5 Å². The summed E-state index contributed by atoms with van der Waals surface area (Å²) >= 11 is 9.73. The molecule has 1 aromatic heterocycles. The number of imidazole rings is 1. The molecule has 2 aromatic rings. The Bertz CT molecular complexity index is 442. The Morgan fingerprint density at radius 2 is 2.25 bits per heavy atom. The first-order chi connectivity index (χ1) is 7.74. The lowest BCUT2D eigenvalue weighted by Gasteiger charge is -2.08. The number of aromatic nitrogens is 2. The molecule has 0 aliphatic carbocycles. The quantitative estimate of drug-likeness (QED) is 0.859. The normalized spacial score (nSPS) is 12.6. The Kier molecular flexibility index (Phi) is 4.02. The first-order valence-electron chi connectivity index (χ1n) is 5.11. The number of nitrogens with zero attached hydrogens (tertiary/aromatic N) is 1. The van der Waals surface area contributed by atoms with Crippen molar-refractivity contribution in [3.8, 4) is 0 Å². The largest absolute Gasteiger partial charge is 0.349 e. The van der Waals surface area contributed by atoms with Gasteiger partial charge < -0.3 is 4.98 Å². The summed E-state index contributed by atoms with van der Waals surface area (Å²) in [6.07, 6.45) is 5.18. The Morgan fingerprint density at radius 1 is 1.38 bits per heavy atom. The molecule has 1 aromatic carbocycles. The van der Waals surface area contributed by atoms with Gasteiger partial charge in [-0.3, -0.25) is 0 Å². The highest BCUT2D eigenvalue weighted by Gasteiger charge is 2.08. The molecule has 16 heavy (non-hydrogen) atoms. The Hall–Kier alpha value is -0.800. The van der Waals surface area contributed by atoms with E-state index in [4.69, 9.17) is 11.6 Å². The molecule has 0 bridgehead atoms. The molecule has 1 atom stereocenters. The number of alkyl halides is 1. The van der Waals surface area contributed by atoms with Crippen LogP contribution in [0, 0.1) is 0 Å². The lowest BCUT2D eigenvalue weighted by Crippen LogP contribution is -2.08. The topological polar surface area (TPSA) is 28.7 Å². The van der Waals surface area contributed by atoms with Crippen LogP contribution in [-0.2, 0) is 12.8 Å². The van der Waals surface area contributed by atoms with Crippen molar-refractivity contribution in [2.75, 3.05) is 0 Å². The van der Waals surface area contributed by atoms with E-state index in [-0.39, 0.29) is 5.38 Å². The molecule has 84 valence electrons. The Morgan fingerprint density at radius 3 is 2.94 bits per heavy atom. The monoisotopic (exact) mass is 298 g/mol. The smallest absolute Gasteiger partial charge is 0.107 e. The van der Waals surface area contributed by atoms with Crippen LogP contribution in [0.15, 0.2) is 41.1 Å². The summed E-state index contributed by atoms with van der Waals surface area (Å²) in [7, 11) is 0. The average molecular weight is 300 g/mol. The number of rotatable bonds is 4. The van der Waals surface area contributed by atoms with Crippen molar-refractivity contribution < 1.29 is 0 Å². The minimum atomic E-state index is 0.0699. The molecule has 1 N–H and O–H groups in total. The minimum Gasteiger partial charge on any atom is -0.349 e. The number of nitrogens with one attached hydrogen (secondary N) is 1. The van der Waals surface area contributed by atoms with Gasteiger partial charge in [-0.2, -0.15) is 0 Å². The van der Waals surface area contributed by atoms with Crippen LogP contribution in [0.3, 0.4) is 0 Å². The van der Waals surface area contributed by atoms with Gasteiger partial charge in [-0.1, -0.05) is 28.1 Å². The Labute approximate surface area is 108 Å². The molecule has 0 radical (unpaired) electrons. The fourth-order valence-electron chi connectivity index (χ4n) is 1.61. The van der Waals surface area contributed by atoms with Gasteiger partial charge in [0.1, 0.15) is 5.82 Å². The second kappa shape index (κ2) is 5.51. The van der Waals surface area contributed by atoms with E-state index >= 15 is 0 Å². The van der Waals surface area contributed by atoms with E-state index in [9.17, 15) is 0 Å². The van der Waals surface area contributed by atoms with E-state index in [1.54, 1.807) is 6.20 Å². The lowest BCUT2D eigenvalue weighted by molar-refractivity contribution is 0.792. The van der Waals surface area contributed by atoms with E-state index in [2.05, 4.69) is 38.0 Å². The maximum Gasteiger partial charge on any atom is 0.107 e. The van der Waals surface area contributed by atoms with Crippen LogP contribution in [0.5, 0.6) is 0 Å². The van der Waals surface area contributed by atoms with E-state index in [0.717, 1.165) is 23.1 Å². The molecule has 0 saturated carbocycles. The lowest BCUT2D eigenvalue weighted by atomic mass is 10.1. The van der Waals surface area contributed by atoms with Gasteiger partial charge in [0, 0.05) is 28.7 Å². The third-order valence-electron chi connectivity index (χ3n) is 2.32. The highest BCUT2D eigenvalue weighted by atomic mass is 79.9. The first-order valence-corrected chi connectivity index (χ1v) is 6.34. The van der Waals surface area contributed by atoms with Gasteiger partial charge in [0.15, 0.2) is 0 Å². The van der Waals surface area contributed by atoms with Crippen molar-refractivity contribution in [3.05, 3.63) is 52.5 Å². The number of benzene rings is 1. The van der Waals surface area contributed by atoms with E-state index < -0.39 is 0 Å². The molecule has 0 fully saturated rings. The van der Waals surface area contributed by atoms with E-state index in [1.807, 2.05) is 18.3 Å². The third-order valence-corrected chi connectivity index (χ3v) is 3.12.